The highest BCUT2D eigenvalue weighted by Crippen LogP contribution is 2.27. The highest BCUT2D eigenvalue weighted by atomic mass is 19.4. The molecule has 0 heterocycles. The molecule has 82 valence electrons. The molecule has 0 fully saturated rings. The third kappa shape index (κ3) is 2.87. The van der Waals surface area contributed by atoms with Crippen LogP contribution in [0.3, 0.4) is 0 Å². The monoisotopic (exact) mass is 219 g/mol. The molecule has 0 atom stereocenters. The highest BCUT2D eigenvalue weighted by molar-refractivity contribution is 5.97. The number of carbonyl (C=O) groups excluding carboxylic acids is 1. The lowest BCUT2D eigenvalue weighted by Crippen LogP contribution is -2.21. The van der Waals surface area contributed by atoms with Gasteiger partial charge < -0.3 is 10.5 Å². The molecule has 15 heavy (non-hydrogen) atoms. The van der Waals surface area contributed by atoms with Crippen LogP contribution < -0.4 is 10.5 Å². The van der Waals surface area contributed by atoms with E-state index in [2.05, 4.69) is 4.74 Å². The van der Waals surface area contributed by atoms with E-state index in [9.17, 15) is 18.0 Å². The Labute approximate surface area is 83.6 Å². The minimum Gasteiger partial charge on any atom is -0.405 e. The van der Waals surface area contributed by atoms with Gasteiger partial charge in [0.15, 0.2) is 0 Å². The normalized spacial score (nSPS) is 11.2. The maximum atomic E-state index is 11.9. The summed E-state index contributed by atoms with van der Waals surface area (Å²) in [5, 5.41) is 0. The van der Waals surface area contributed by atoms with Gasteiger partial charge in [0.1, 0.15) is 5.75 Å². The molecule has 1 aromatic rings. The molecule has 1 rings (SSSR count). The average Bonchev–Trinajstić information content (AvgIpc) is 1.99. The first-order chi connectivity index (χ1) is 6.81. The molecule has 0 unspecified atom stereocenters. The van der Waals surface area contributed by atoms with Crippen molar-refractivity contribution in [2.75, 3.05) is 0 Å². The third-order valence-corrected chi connectivity index (χ3v) is 1.71. The van der Waals surface area contributed by atoms with Gasteiger partial charge in [0.05, 0.1) is 5.56 Å². The van der Waals surface area contributed by atoms with Gasteiger partial charge in [-0.25, -0.2) is 0 Å². The van der Waals surface area contributed by atoms with Gasteiger partial charge in [0.25, 0.3) is 5.91 Å². The Hall–Kier alpha value is -1.72. The van der Waals surface area contributed by atoms with E-state index < -0.39 is 18.0 Å². The maximum Gasteiger partial charge on any atom is 0.573 e. The fraction of sp³-hybridized carbons (Fsp3) is 0.222. The summed E-state index contributed by atoms with van der Waals surface area (Å²) in [7, 11) is 0. The van der Waals surface area contributed by atoms with Crippen molar-refractivity contribution in [3.8, 4) is 5.75 Å². The van der Waals surface area contributed by atoms with Crippen LogP contribution in [0.25, 0.3) is 0 Å². The van der Waals surface area contributed by atoms with Gasteiger partial charge in [-0.15, -0.1) is 13.2 Å². The van der Waals surface area contributed by atoms with Crippen molar-refractivity contribution < 1.29 is 22.7 Å². The van der Waals surface area contributed by atoms with Crippen molar-refractivity contribution in [2.24, 2.45) is 5.73 Å². The zero-order chi connectivity index (χ0) is 11.6. The minimum atomic E-state index is -4.84. The van der Waals surface area contributed by atoms with Crippen LogP contribution in [0.4, 0.5) is 13.2 Å². The molecule has 0 saturated carbocycles. The number of halogens is 3. The van der Waals surface area contributed by atoms with Crippen LogP contribution in [0.1, 0.15) is 15.9 Å². The molecule has 0 aromatic heterocycles. The van der Waals surface area contributed by atoms with Gasteiger partial charge in [-0.2, -0.15) is 0 Å². The molecule has 3 nitrogen and oxygen atoms in total. The van der Waals surface area contributed by atoms with Crippen LogP contribution in [-0.4, -0.2) is 12.3 Å². The zero-order valence-corrected chi connectivity index (χ0v) is 7.76. The maximum absolute atomic E-state index is 11.9. The summed E-state index contributed by atoms with van der Waals surface area (Å²) in [6.07, 6.45) is -4.84. The van der Waals surface area contributed by atoms with E-state index in [1.807, 2.05) is 0 Å². The molecule has 0 saturated heterocycles. The summed E-state index contributed by atoms with van der Waals surface area (Å²) in [6.45, 7) is 1.48. The van der Waals surface area contributed by atoms with E-state index in [1.54, 1.807) is 0 Å². The lowest BCUT2D eigenvalue weighted by atomic mass is 10.1. The number of rotatable bonds is 2. The second kappa shape index (κ2) is 3.80. The first-order valence-electron chi connectivity index (χ1n) is 3.96. The average molecular weight is 219 g/mol. The molecule has 0 spiro atoms. The van der Waals surface area contributed by atoms with Crippen molar-refractivity contribution >= 4 is 5.91 Å². The summed E-state index contributed by atoms with van der Waals surface area (Å²) >= 11 is 0. The number of hydrogen-bond acceptors (Lipinski definition) is 2. The smallest absolute Gasteiger partial charge is 0.405 e. The quantitative estimate of drug-likeness (QED) is 0.826. The van der Waals surface area contributed by atoms with Gasteiger partial charge in [-0.05, 0) is 18.6 Å². The van der Waals surface area contributed by atoms with E-state index >= 15 is 0 Å². The van der Waals surface area contributed by atoms with Crippen LogP contribution in [0.5, 0.6) is 5.75 Å². The number of aryl methyl sites for hydroxylation is 1. The molecule has 1 aromatic carbocycles. The van der Waals surface area contributed by atoms with Crippen molar-refractivity contribution in [3.05, 3.63) is 29.3 Å². The molecule has 6 heteroatoms. The van der Waals surface area contributed by atoms with E-state index in [1.165, 1.54) is 19.1 Å². The fourth-order valence-electron chi connectivity index (χ4n) is 1.17. The van der Waals surface area contributed by atoms with Crippen LogP contribution >= 0.6 is 0 Å². The first-order valence-corrected chi connectivity index (χ1v) is 3.96. The van der Waals surface area contributed by atoms with Gasteiger partial charge in [0, 0.05) is 0 Å². The van der Waals surface area contributed by atoms with Crippen molar-refractivity contribution in [3.63, 3.8) is 0 Å². The molecule has 2 N–H and O–H groups in total. The van der Waals surface area contributed by atoms with Crippen LogP contribution in [0.15, 0.2) is 18.2 Å². The van der Waals surface area contributed by atoms with Gasteiger partial charge >= 0.3 is 6.36 Å². The standard InChI is InChI=1S/C9H8F3NO2/c1-5-3-2-4-6(7(5)8(13)14)15-9(10,11)12/h2-4H,1H3,(H2,13,14). The van der Waals surface area contributed by atoms with Gasteiger partial charge in [-0.1, -0.05) is 12.1 Å². The molecule has 0 aliphatic heterocycles. The third-order valence-electron chi connectivity index (χ3n) is 1.71. The number of nitrogens with two attached hydrogens (primary N) is 1. The highest BCUT2D eigenvalue weighted by Gasteiger charge is 2.32. The zero-order valence-electron chi connectivity index (χ0n) is 7.76. The first kappa shape index (κ1) is 11.4. The summed E-state index contributed by atoms with van der Waals surface area (Å²) in [5.41, 5.74) is 5.03. The molecular weight excluding hydrogens is 211 g/mol. The number of alkyl halides is 3. The molecule has 0 bridgehead atoms. The number of benzene rings is 1. The topological polar surface area (TPSA) is 52.3 Å². The lowest BCUT2D eigenvalue weighted by Gasteiger charge is -2.12. The van der Waals surface area contributed by atoms with E-state index in [0.29, 0.717) is 5.56 Å². The summed E-state index contributed by atoms with van der Waals surface area (Å²) < 4.78 is 39.5. The Morgan fingerprint density at radius 2 is 2.00 bits per heavy atom. The predicted molar refractivity (Wildman–Crippen MR) is 46.4 cm³/mol. The molecule has 0 radical (unpaired) electrons. The summed E-state index contributed by atoms with van der Waals surface area (Å²) in [4.78, 5) is 10.9. The van der Waals surface area contributed by atoms with Crippen molar-refractivity contribution in [1.82, 2.24) is 0 Å². The fourth-order valence-corrected chi connectivity index (χ4v) is 1.17. The number of primary amides is 1. The van der Waals surface area contributed by atoms with E-state index in [0.717, 1.165) is 6.07 Å². The minimum absolute atomic E-state index is 0.255. The molecule has 0 aliphatic rings. The number of amides is 1. The predicted octanol–water partition coefficient (Wildman–Crippen LogP) is 1.99. The number of carbonyl (C=O) groups is 1. The summed E-state index contributed by atoms with van der Waals surface area (Å²) in [6, 6.07) is 3.87. The van der Waals surface area contributed by atoms with Crippen molar-refractivity contribution in [2.45, 2.75) is 13.3 Å². The molecule has 0 aliphatic carbocycles. The molecular formula is C9H8F3NO2. The molecule has 1 amide bonds. The van der Waals surface area contributed by atoms with Crippen LogP contribution in [-0.2, 0) is 0 Å². The van der Waals surface area contributed by atoms with Crippen LogP contribution in [0, 0.1) is 6.92 Å². The van der Waals surface area contributed by atoms with E-state index in [4.69, 9.17) is 5.73 Å². The van der Waals surface area contributed by atoms with Crippen LogP contribution in [0.2, 0.25) is 0 Å². The lowest BCUT2D eigenvalue weighted by molar-refractivity contribution is -0.274. The largest absolute Gasteiger partial charge is 0.573 e. The Bertz CT molecular complexity index is 387. The Balaban J connectivity index is 3.18. The van der Waals surface area contributed by atoms with E-state index in [-0.39, 0.29) is 5.56 Å². The van der Waals surface area contributed by atoms with Gasteiger partial charge in [-0.3, -0.25) is 4.79 Å². The second-order valence-corrected chi connectivity index (χ2v) is 2.86. The number of ether oxygens (including phenoxy) is 1. The van der Waals surface area contributed by atoms with Gasteiger partial charge in [0.2, 0.25) is 0 Å². The Morgan fingerprint density at radius 3 is 2.47 bits per heavy atom. The second-order valence-electron chi connectivity index (χ2n) is 2.86. The Kier molecular flexibility index (Phi) is 2.88. The Morgan fingerprint density at radius 1 is 1.40 bits per heavy atom. The SMILES string of the molecule is Cc1cccc(OC(F)(F)F)c1C(N)=O. The number of hydrogen-bond donors (Lipinski definition) is 1. The van der Waals surface area contributed by atoms with Crippen molar-refractivity contribution in [1.29, 1.82) is 0 Å². The summed E-state index contributed by atoms with van der Waals surface area (Å²) in [5.74, 6) is -1.53.